The number of halogens is 2. The van der Waals surface area contributed by atoms with E-state index in [1.54, 1.807) is 36.1 Å². The van der Waals surface area contributed by atoms with Crippen molar-refractivity contribution in [1.82, 2.24) is 14.8 Å². The predicted molar refractivity (Wildman–Crippen MR) is 141 cm³/mol. The van der Waals surface area contributed by atoms with Crippen LogP contribution in [-0.4, -0.2) is 84.2 Å². The third-order valence-electron chi connectivity index (χ3n) is 7.73. The smallest absolute Gasteiger partial charge is 0.387 e. The molecule has 0 N–H and O–H groups in total. The van der Waals surface area contributed by atoms with E-state index in [9.17, 15) is 23.2 Å². The fourth-order valence-corrected chi connectivity index (χ4v) is 5.27. The van der Waals surface area contributed by atoms with Gasteiger partial charge in [0.15, 0.2) is 11.5 Å². The summed E-state index contributed by atoms with van der Waals surface area (Å²) in [7, 11) is 0. The number of alkyl halides is 2. The first-order chi connectivity index (χ1) is 19.6. The fraction of sp³-hybridized carbons (Fsp3) is 0.517. The second kappa shape index (κ2) is 12.0. The molecule has 2 aromatic rings. The highest BCUT2D eigenvalue weighted by atomic mass is 19.3. The van der Waals surface area contributed by atoms with Crippen LogP contribution in [0.5, 0.6) is 17.4 Å². The van der Waals surface area contributed by atoms with Crippen LogP contribution in [0.4, 0.5) is 8.78 Å². The quantitative estimate of drug-likeness (QED) is 0.419. The van der Waals surface area contributed by atoms with E-state index in [2.05, 4.69) is 9.72 Å². The zero-order valence-electron chi connectivity index (χ0n) is 23.0. The molecule has 0 bridgehead atoms. The molecule has 2 atom stereocenters. The number of nitrogens with zero attached hydrogens (tertiary/aromatic N) is 3. The lowest BCUT2D eigenvalue weighted by molar-refractivity contribution is -0.152. The number of hydrogen-bond donors (Lipinski definition) is 0. The van der Waals surface area contributed by atoms with E-state index in [1.165, 1.54) is 24.0 Å². The van der Waals surface area contributed by atoms with Gasteiger partial charge in [0.05, 0.1) is 19.8 Å². The second-order valence-corrected chi connectivity index (χ2v) is 10.8. The van der Waals surface area contributed by atoms with Gasteiger partial charge < -0.3 is 28.7 Å². The Balaban J connectivity index is 1.33. The van der Waals surface area contributed by atoms with E-state index in [4.69, 9.17) is 14.2 Å². The summed E-state index contributed by atoms with van der Waals surface area (Å²) in [6.07, 6.45) is 2.27. The summed E-state index contributed by atoms with van der Waals surface area (Å²) in [6.45, 7) is 2.38. The molecule has 0 radical (unpaired) electrons. The van der Waals surface area contributed by atoms with Crippen molar-refractivity contribution in [2.75, 3.05) is 39.5 Å². The molecule has 3 aliphatic rings. The third kappa shape index (κ3) is 6.58. The van der Waals surface area contributed by atoms with Gasteiger partial charge in [0.25, 0.3) is 5.91 Å². The minimum atomic E-state index is -3.00. The van der Waals surface area contributed by atoms with Gasteiger partial charge >= 0.3 is 12.6 Å². The van der Waals surface area contributed by atoms with Crippen molar-refractivity contribution in [2.24, 2.45) is 5.92 Å². The molecular weight excluding hydrogens is 540 g/mol. The van der Waals surface area contributed by atoms with Crippen LogP contribution in [0.2, 0.25) is 0 Å². The predicted octanol–water partition coefficient (Wildman–Crippen LogP) is 3.64. The first kappa shape index (κ1) is 28.7. The number of amides is 2. The summed E-state index contributed by atoms with van der Waals surface area (Å²) in [4.78, 5) is 46.4. The molecule has 3 heterocycles. The van der Waals surface area contributed by atoms with Crippen LogP contribution < -0.4 is 14.2 Å². The van der Waals surface area contributed by atoms with Crippen molar-refractivity contribution in [2.45, 2.75) is 51.2 Å². The molecule has 1 aliphatic carbocycles. The van der Waals surface area contributed by atoms with Gasteiger partial charge in [-0.25, -0.2) is 9.78 Å². The number of ether oxygens (including phenoxy) is 4. The molecule has 2 amide bonds. The van der Waals surface area contributed by atoms with Crippen LogP contribution in [0.25, 0.3) is 0 Å². The maximum absolute atomic E-state index is 13.5. The molecule has 10 nitrogen and oxygen atoms in total. The standard InChI is InChI=1S/C29H33F2N3O7/c1-18(35)34-16-21(20-8-9-23(40-28(30)31)24(14-20)39-17-19-6-7-19)15-29(34,2)27(37)41-25-5-3-4-22(32-25)26(36)33-10-12-38-13-11-33/h3-5,8-9,14,19,21,28H,6-7,10-13,15-17H2,1-2H3/t21?,29-/m1/s1. The van der Waals surface area contributed by atoms with Crippen LogP contribution in [0.3, 0.4) is 0 Å². The van der Waals surface area contributed by atoms with Crippen molar-refractivity contribution >= 4 is 17.8 Å². The lowest BCUT2D eigenvalue weighted by atomic mass is 9.89. The van der Waals surface area contributed by atoms with Crippen molar-refractivity contribution < 1.29 is 42.1 Å². The molecule has 5 rings (SSSR count). The van der Waals surface area contributed by atoms with Gasteiger partial charge in [-0.05, 0) is 55.9 Å². The summed E-state index contributed by atoms with van der Waals surface area (Å²) in [5, 5.41) is 0. The summed E-state index contributed by atoms with van der Waals surface area (Å²) in [5.41, 5.74) is -0.480. The Bertz CT molecular complexity index is 1300. The molecule has 12 heteroatoms. The Morgan fingerprint density at radius 2 is 1.88 bits per heavy atom. The van der Waals surface area contributed by atoms with Gasteiger partial charge in [-0.3, -0.25) is 9.59 Å². The summed E-state index contributed by atoms with van der Waals surface area (Å²) in [5.74, 6) is -1.12. The number of likely N-dealkylation sites (tertiary alicyclic amines) is 1. The number of carbonyl (C=O) groups excluding carboxylic acids is 3. The Hall–Kier alpha value is -3.80. The maximum Gasteiger partial charge on any atom is 0.387 e. The molecule has 0 spiro atoms. The molecule has 2 aliphatic heterocycles. The van der Waals surface area contributed by atoms with E-state index >= 15 is 0 Å². The number of esters is 1. The van der Waals surface area contributed by atoms with E-state index < -0.39 is 18.1 Å². The lowest BCUT2D eigenvalue weighted by Crippen LogP contribution is -2.52. The molecule has 2 saturated heterocycles. The topological polar surface area (TPSA) is 108 Å². The minimum absolute atomic E-state index is 0.0495. The normalized spacial score (nSPS) is 22.5. The largest absolute Gasteiger partial charge is 0.489 e. The van der Waals surface area contributed by atoms with Gasteiger partial charge in [-0.2, -0.15) is 8.78 Å². The zero-order valence-corrected chi connectivity index (χ0v) is 23.0. The number of rotatable bonds is 9. The van der Waals surface area contributed by atoms with Crippen LogP contribution in [0.15, 0.2) is 36.4 Å². The number of morpholine rings is 1. The second-order valence-electron chi connectivity index (χ2n) is 10.8. The molecule has 1 unspecified atom stereocenters. The monoisotopic (exact) mass is 573 g/mol. The fourth-order valence-electron chi connectivity index (χ4n) is 5.27. The SMILES string of the molecule is CC(=O)N1CC(c2ccc(OC(F)F)c(OCC3CC3)c2)C[C@]1(C)C(=O)Oc1cccc(C(=O)N2CCOCC2)n1. The molecule has 3 fully saturated rings. The van der Waals surface area contributed by atoms with Crippen LogP contribution in [0, 0.1) is 5.92 Å². The highest BCUT2D eigenvalue weighted by Gasteiger charge is 2.51. The number of aromatic nitrogens is 1. The summed E-state index contributed by atoms with van der Waals surface area (Å²) in [6, 6.07) is 9.32. The van der Waals surface area contributed by atoms with E-state index in [1.807, 2.05) is 0 Å². The van der Waals surface area contributed by atoms with Crippen LogP contribution >= 0.6 is 0 Å². The summed E-state index contributed by atoms with van der Waals surface area (Å²) < 4.78 is 47.4. The first-order valence-corrected chi connectivity index (χ1v) is 13.7. The average molecular weight is 574 g/mol. The molecule has 1 aromatic carbocycles. The lowest BCUT2D eigenvalue weighted by Gasteiger charge is -2.31. The van der Waals surface area contributed by atoms with Gasteiger partial charge in [0.2, 0.25) is 11.8 Å². The van der Waals surface area contributed by atoms with E-state index in [-0.39, 0.29) is 53.8 Å². The van der Waals surface area contributed by atoms with Crippen LogP contribution in [0.1, 0.15) is 55.1 Å². The number of benzene rings is 1. The van der Waals surface area contributed by atoms with Gasteiger partial charge in [0.1, 0.15) is 11.2 Å². The van der Waals surface area contributed by atoms with Gasteiger partial charge in [0, 0.05) is 38.5 Å². The third-order valence-corrected chi connectivity index (χ3v) is 7.73. The number of hydrogen-bond acceptors (Lipinski definition) is 8. The van der Waals surface area contributed by atoms with Crippen molar-refractivity contribution in [1.29, 1.82) is 0 Å². The van der Waals surface area contributed by atoms with E-state index in [0.717, 1.165) is 18.4 Å². The Morgan fingerprint density at radius 1 is 1.12 bits per heavy atom. The zero-order chi connectivity index (χ0) is 29.1. The minimum Gasteiger partial charge on any atom is -0.489 e. The molecular formula is C29H33F2N3O7. The molecule has 220 valence electrons. The van der Waals surface area contributed by atoms with Crippen molar-refractivity contribution in [3.05, 3.63) is 47.7 Å². The van der Waals surface area contributed by atoms with Crippen molar-refractivity contribution in [3.63, 3.8) is 0 Å². The summed E-state index contributed by atoms with van der Waals surface area (Å²) >= 11 is 0. The number of carbonyl (C=O) groups is 3. The highest BCUT2D eigenvalue weighted by Crippen LogP contribution is 2.43. The average Bonchev–Trinajstić information content (AvgIpc) is 3.72. The van der Waals surface area contributed by atoms with Gasteiger partial charge in [-0.15, -0.1) is 0 Å². The molecule has 41 heavy (non-hydrogen) atoms. The highest BCUT2D eigenvalue weighted by molar-refractivity contribution is 5.93. The van der Waals surface area contributed by atoms with Crippen LogP contribution in [-0.2, 0) is 14.3 Å². The number of pyridine rings is 1. The van der Waals surface area contributed by atoms with E-state index in [0.29, 0.717) is 38.8 Å². The molecule has 1 saturated carbocycles. The first-order valence-electron chi connectivity index (χ1n) is 13.7. The Labute approximate surface area is 236 Å². The van der Waals surface area contributed by atoms with Gasteiger partial charge in [-0.1, -0.05) is 12.1 Å². The Kier molecular flexibility index (Phi) is 8.39. The maximum atomic E-state index is 13.5. The Morgan fingerprint density at radius 3 is 2.56 bits per heavy atom. The van der Waals surface area contributed by atoms with Crippen molar-refractivity contribution in [3.8, 4) is 17.4 Å². The molecule has 1 aromatic heterocycles.